The Labute approximate surface area is 417 Å². The molecular formula is C65H55N3S2. The first-order valence-corrected chi connectivity index (χ1v) is 28.6. The fourth-order valence-electron chi connectivity index (χ4n) is 14.2. The highest BCUT2D eigenvalue weighted by Gasteiger charge is 2.58. The maximum absolute atomic E-state index is 5.47. The third-order valence-corrected chi connectivity index (χ3v) is 21.3. The molecule has 1 aliphatic heterocycles. The number of hydrogen-bond acceptors (Lipinski definition) is 4. The van der Waals surface area contributed by atoms with Gasteiger partial charge >= 0.3 is 0 Å². The normalized spacial score (nSPS) is 21.9. The second-order valence-electron chi connectivity index (χ2n) is 21.1. The monoisotopic (exact) mass is 941 g/mol. The molecule has 2 aromatic heterocycles. The van der Waals surface area contributed by atoms with Gasteiger partial charge in [-0.05, 0) is 142 Å². The first-order chi connectivity index (χ1) is 34.3. The van der Waals surface area contributed by atoms with Crippen molar-refractivity contribution in [1.29, 1.82) is 0 Å². The molecule has 3 aliphatic carbocycles. The third-order valence-electron chi connectivity index (χ3n) is 17.2. The van der Waals surface area contributed by atoms with Crippen LogP contribution in [0, 0.1) is 23.7 Å². The quantitative estimate of drug-likeness (QED) is 0.167. The van der Waals surface area contributed by atoms with Gasteiger partial charge in [0.2, 0.25) is 0 Å². The fourth-order valence-corrected chi connectivity index (χ4v) is 17.9. The average molecular weight is 942 g/mol. The Morgan fingerprint density at radius 1 is 0.514 bits per heavy atom. The Hall–Kier alpha value is -6.66. The average Bonchev–Trinajstić information content (AvgIpc) is 4.02. The second kappa shape index (κ2) is 15.9. The van der Waals surface area contributed by atoms with Gasteiger partial charge in [0.1, 0.15) is 0 Å². The zero-order valence-corrected chi connectivity index (χ0v) is 41.9. The lowest BCUT2D eigenvalue weighted by atomic mass is 9.48. The van der Waals surface area contributed by atoms with E-state index in [1.54, 1.807) is 5.56 Å². The Bertz CT molecular complexity index is 3750. The first-order valence-electron chi connectivity index (χ1n) is 25.4. The summed E-state index contributed by atoms with van der Waals surface area (Å²) < 4.78 is 2.61. The van der Waals surface area contributed by atoms with Gasteiger partial charge in [-0.15, -0.1) is 11.3 Å². The maximum atomic E-state index is 5.47. The van der Waals surface area contributed by atoms with Crippen LogP contribution in [0.2, 0.25) is 0 Å². The number of benzene rings is 8. The summed E-state index contributed by atoms with van der Waals surface area (Å²) in [5, 5.41) is 2.60. The Balaban J connectivity index is 0.962. The Morgan fingerprint density at radius 3 is 1.97 bits per heavy atom. The minimum atomic E-state index is -1.16. The van der Waals surface area contributed by atoms with Crippen molar-refractivity contribution in [2.45, 2.75) is 61.2 Å². The number of fused-ring (bicyclic) bond motifs is 14. The molecule has 5 atom stereocenters. The molecule has 2 saturated carbocycles. The number of nitrogens with zero attached hydrogens (tertiary/aromatic N) is 3. The van der Waals surface area contributed by atoms with Crippen molar-refractivity contribution in [3.63, 3.8) is 0 Å². The van der Waals surface area contributed by atoms with Gasteiger partial charge in [0, 0.05) is 57.6 Å². The van der Waals surface area contributed by atoms with Crippen LogP contribution in [0.15, 0.2) is 186 Å². The van der Waals surface area contributed by atoms with Gasteiger partial charge in [0.05, 0.1) is 0 Å². The number of thiophene rings is 1. The maximum Gasteiger partial charge on any atom is 0.164 e. The minimum Gasteiger partial charge on any atom is -0.208 e. The summed E-state index contributed by atoms with van der Waals surface area (Å²) in [6.07, 6.45) is 11.4. The minimum absolute atomic E-state index is 0.162. The summed E-state index contributed by atoms with van der Waals surface area (Å²) in [5.74, 6) is 4.59. The molecule has 8 aromatic carbocycles. The molecule has 3 nitrogen and oxygen atoms in total. The van der Waals surface area contributed by atoms with E-state index in [1.165, 1.54) is 107 Å². The largest absolute Gasteiger partial charge is 0.208 e. The molecule has 14 rings (SSSR count). The van der Waals surface area contributed by atoms with E-state index in [0.29, 0.717) is 29.3 Å². The first kappa shape index (κ1) is 42.2. The standard InChI is InChI=1S/C65H55N3S2/c1-5-40-34-41-33-39(2)65(46(35-40)36-41)55-38-45(31-32-48(55)51-25-15-26-52(60(51)65)50-24-16-30-58-59(50)54-22-10-12-29-57(54)70(58,3)4)64-67-62(42-17-7-6-8-18-42)66-63(68-64)44-20-13-19-43(37-44)47-23-14-27-53-49-21-9-11-28-56(49)69-61(47)53/h6-32,37-41,46H,5,33-36H2,1-4H3. The summed E-state index contributed by atoms with van der Waals surface area (Å²) in [5.41, 5.74) is 16.7. The number of hydrogen-bond donors (Lipinski definition) is 0. The van der Waals surface area contributed by atoms with E-state index < -0.39 is 10.0 Å². The van der Waals surface area contributed by atoms with Crippen molar-refractivity contribution < 1.29 is 0 Å². The number of aromatic nitrogens is 3. The molecule has 5 heteroatoms. The molecule has 0 N–H and O–H groups in total. The highest BCUT2D eigenvalue weighted by Crippen LogP contribution is 2.71. The zero-order chi connectivity index (χ0) is 46.9. The van der Waals surface area contributed by atoms with Gasteiger partial charge in [-0.2, -0.15) is 10.0 Å². The smallest absolute Gasteiger partial charge is 0.164 e. The molecule has 1 spiro atoms. The number of rotatable bonds is 6. The lowest BCUT2D eigenvalue weighted by Gasteiger charge is -2.55. The van der Waals surface area contributed by atoms with Gasteiger partial charge < -0.3 is 0 Å². The van der Waals surface area contributed by atoms with Gasteiger partial charge in [-0.1, -0.05) is 166 Å². The van der Waals surface area contributed by atoms with E-state index in [0.717, 1.165) is 34.1 Å². The summed E-state index contributed by atoms with van der Waals surface area (Å²) in [4.78, 5) is 19.1. The Morgan fingerprint density at radius 2 is 1.13 bits per heavy atom. The van der Waals surface area contributed by atoms with Crippen LogP contribution in [-0.2, 0) is 5.41 Å². The third kappa shape index (κ3) is 6.16. The molecule has 0 saturated heterocycles. The Kier molecular flexibility index (Phi) is 9.61. The van der Waals surface area contributed by atoms with Gasteiger partial charge in [0.15, 0.2) is 17.5 Å². The molecule has 0 radical (unpaired) electrons. The van der Waals surface area contributed by atoms with Gasteiger partial charge in [0.25, 0.3) is 0 Å². The molecule has 2 fully saturated rings. The molecule has 10 aromatic rings. The van der Waals surface area contributed by atoms with E-state index in [9.17, 15) is 0 Å². The van der Waals surface area contributed by atoms with E-state index >= 15 is 0 Å². The van der Waals surface area contributed by atoms with Crippen molar-refractivity contribution in [2.75, 3.05) is 12.5 Å². The lowest BCUT2D eigenvalue weighted by molar-refractivity contribution is 0.0371. The predicted octanol–water partition coefficient (Wildman–Crippen LogP) is 17.8. The molecule has 0 amide bonds. The van der Waals surface area contributed by atoms with Crippen LogP contribution in [0.3, 0.4) is 0 Å². The summed E-state index contributed by atoms with van der Waals surface area (Å²) >= 11 is 1.87. The SMILES string of the molecule is CCC1CC2CC(C)C3(c4cc(-c5nc(-c6ccccc6)nc(-c6cccc(-c7cccc8c7sc7ccccc78)c6)n5)ccc4-c4cccc(-c5cccc6c5-c5ccccc5S6(C)C)c43)C(C1)C2. The van der Waals surface area contributed by atoms with Crippen LogP contribution in [0.25, 0.3) is 98.8 Å². The van der Waals surface area contributed by atoms with Crippen LogP contribution in [0.1, 0.15) is 57.1 Å². The fraction of sp³-hybridized carbons (Fsp3) is 0.215. The van der Waals surface area contributed by atoms with Crippen LogP contribution in [0.5, 0.6) is 0 Å². The lowest BCUT2D eigenvalue weighted by Crippen LogP contribution is -2.49. The summed E-state index contributed by atoms with van der Waals surface area (Å²) in [7, 11) is -1.16. The predicted molar refractivity (Wildman–Crippen MR) is 296 cm³/mol. The molecule has 2 bridgehead atoms. The summed E-state index contributed by atoms with van der Waals surface area (Å²) in [6.45, 7) is 5.03. The van der Waals surface area contributed by atoms with E-state index in [1.807, 2.05) is 11.3 Å². The van der Waals surface area contributed by atoms with Gasteiger partial charge in [-0.25, -0.2) is 15.0 Å². The molecule has 70 heavy (non-hydrogen) atoms. The molecule has 4 aliphatic rings. The van der Waals surface area contributed by atoms with Crippen molar-refractivity contribution in [1.82, 2.24) is 15.0 Å². The van der Waals surface area contributed by atoms with Crippen LogP contribution < -0.4 is 0 Å². The van der Waals surface area contributed by atoms with Crippen molar-refractivity contribution in [3.8, 4) is 78.7 Å². The van der Waals surface area contributed by atoms with Crippen LogP contribution in [-0.4, -0.2) is 27.5 Å². The summed E-state index contributed by atoms with van der Waals surface area (Å²) in [6, 6.07) is 65.7. The topological polar surface area (TPSA) is 38.7 Å². The molecule has 3 heterocycles. The zero-order valence-electron chi connectivity index (χ0n) is 40.2. The van der Waals surface area contributed by atoms with Crippen molar-refractivity contribution in [3.05, 3.63) is 187 Å². The highest BCUT2D eigenvalue weighted by molar-refractivity contribution is 8.33. The second-order valence-corrected chi connectivity index (χ2v) is 25.7. The molecular weight excluding hydrogens is 887 g/mol. The highest BCUT2D eigenvalue weighted by atomic mass is 32.3. The van der Waals surface area contributed by atoms with E-state index in [2.05, 4.69) is 202 Å². The van der Waals surface area contributed by atoms with Gasteiger partial charge in [-0.3, -0.25) is 0 Å². The van der Waals surface area contributed by atoms with Crippen LogP contribution >= 0.6 is 21.4 Å². The van der Waals surface area contributed by atoms with Crippen molar-refractivity contribution in [2.24, 2.45) is 23.7 Å². The van der Waals surface area contributed by atoms with E-state index in [4.69, 9.17) is 15.0 Å². The van der Waals surface area contributed by atoms with Crippen LogP contribution in [0.4, 0.5) is 0 Å². The van der Waals surface area contributed by atoms with E-state index in [-0.39, 0.29) is 5.41 Å². The molecule has 342 valence electrons. The van der Waals surface area contributed by atoms with Crippen molar-refractivity contribution >= 4 is 41.5 Å². The molecule has 5 unspecified atom stereocenters.